The molecule has 1 atom stereocenters. The number of anilines is 1. The Morgan fingerprint density at radius 2 is 2.11 bits per heavy atom. The van der Waals surface area contributed by atoms with Crippen LogP contribution < -0.4 is 19.7 Å². The molecule has 27 heavy (non-hydrogen) atoms. The molecule has 1 aromatic heterocycles. The molecule has 2 aliphatic heterocycles. The molecular formula is C19H22N4O4. The van der Waals surface area contributed by atoms with Crippen LogP contribution in [-0.2, 0) is 16.1 Å². The first kappa shape index (κ1) is 17.4. The summed E-state index contributed by atoms with van der Waals surface area (Å²) in [5.74, 6) is 0.851. The van der Waals surface area contributed by atoms with E-state index in [4.69, 9.17) is 9.47 Å². The largest absolute Gasteiger partial charge is 0.486 e. The van der Waals surface area contributed by atoms with Gasteiger partial charge in [0.1, 0.15) is 13.2 Å². The van der Waals surface area contributed by atoms with Crippen LogP contribution in [0.4, 0.5) is 5.69 Å². The Morgan fingerprint density at radius 1 is 1.26 bits per heavy atom. The van der Waals surface area contributed by atoms with E-state index in [1.807, 2.05) is 23.0 Å². The molecule has 2 amide bonds. The Kier molecular flexibility index (Phi) is 4.95. The lowest BCUT2D eigenvalue weighted by atomic mass is 10.1. The van der Waals surface area contributed by atoms with Crippen molar-refractivity contribution in [3.8, 4) is 11.5 Å². The molecule has 0 bridgehead atoms. The molecule has 0 aliphatic carbocycles. The molecule has 0 saturated carbocycles. The maximum atomic E-state index is 12.4. The summed E-state index contributed by atoms with van der Waals surface area (Å²) in [6, 6.07) is 7.31. The number of aryl methyl sites for hydroxylation is 1. The molecule has 2 aliphatic rings. The normalized spacial score (nSPS) is 18.6. The van der Waals surface area contributed by atoms with Gasteiger partial charge in [-0.05, 0) is 24.6 Å². The molecular weight excluding hydrogens is 348 g/mol. The molecule has 1 saturated heterocycles. The van der Waals surface area contributed by atoms with Crippen molar-refractivity contribution in [3.05, 3.63) is 36.7 Å². The molecule has 4 rings (SSSR count). The number of benzene rings is 1. The second-order valence-electron chi connectivity index (χ2n) is 6.65. The quantitative estimate of drug-likeness (QED) is 0.773. The summed E-state index contributed by atoms with van der Waals surface area (Å²) in [6.07, 6.45) is 4.64. The van der Waals surface area contributed by atoms with Crippen molar-refractivity contribution in [3.63, 3.8) is 0 Å². The first-order chi connectivity index (χ1) is 13.2. The van der Waals surface area contributed by atoms with Gasteiger partial charge < -0.3 is 19.7 Å². The monoisotopic (exact) mass is 370 g/mol. The number of fused-ring (bicyclic) bond motifs is 1. The minimum atomic E-state index is -0.338. The van der Waals surface area contributed by atoms with E-state index in [9.17, 15) is 9.59 Å². The average molecular weight is 370 g/mol. The van der Waals surface area contributed by atoms with Crippen LogP contribution in [0.25, 0.3) is 0 Å². The lowest BCUT2D eigenvalue weighted by Crippen LogP contribution is -2.33. The van der Waals surface area contributed by atoms with E-state index in [-0.39, 0.29) is 24.2 Å². The highest BCUT2D eigenvalue weighted by Crippen LogP contribution is 2.35. The SMILES string of the molecule is O=C(NCCCn1cccn1)[C@H]1CC(=O)N(c2ccc3c(c2)OCCO3)C1. The van der Waals surface area contributed by atoms with E-state index in [1.165, 1.54) is 0 Å². The predicted molar refractivity (Wildman–Crippen MR) is 97.7 cm³/mol. The van der Waals surface area contributed by atoms with E-state index in [1.54, 1.807) is 23.2 Å². The second kappa shape index (κ2) is 7.69. The van der Waals surface area contributed by atoms with Gasteiger partial charge in [0.25, 0.3) is 0 Å². The van der Waals surface area contributed by atoms with Gasteiger partial charge in [-0.2, -0.15) is 5.10 Å². The summed E-state index contributed by atoms with van der Waals surface area (Å²) in [7, 11) is 0. The summed E-state index contributed by atoms with van der Waals surface area (Å²) in [5.41, 5.74) is 0.734. The highest BCUT2D eigenvalue weighted by Gasteiger charge is 2.35. The van der Waals surface area contributed by atoms with Gasteiger partial charge in [0, 0.05) is 50.2 Å². The lowest BCUT2D eigenvalue weighted by molar-refractivity contribution is -0.126. The van der Waals surface area contributed by atoms with Crippen LogP contribution in [0, 0.1) is 5.92 Å². The number of rotatable bonds is 6. The summed E-state index contributed by atoms with van der Waals surface area (Å²) >= 11 is 0. The number of aromatic nitrogens is 2. The van der Waals surface area contributed by atoms with E-state index in [0.717, 1.165) is 18.7 Å². The number of hydrogen-bond donors (Lipinski definition) is 1. The molecule has 8 heteroatoms. The Morgan fingerprint density at radius 3 is 2.93 bits per heavy atom. The van der Waals surface area contributed by atoms with Gasteiger partial charge in [0.2, 0.25) is 11.8 Å². The molecule has 3 heterocycles. The van der Waals surface area contributed by atoms with E-state index in [0.29, 0.717) is 37.8 Å². The molecule has 142 valence electrons. The lowest BCUT2D eigenvalue weighted by Gasteiger charge is -2.22. The van der Waals surface area contributed by atoms with E-state index in [2.05, 4.69) is 10.4 Å². The van der Waals surface area contributed by atoms with Crippen molar-refractivity contribution < 1.29 is 19.1 Å². The van der Waals surface area contributed by atoms with Crippen molar-refractivity contribution in [2.75, 3.05) is 31.2 Å². The van der Waals surface area contributed by atoms with Crippen molar-refractivity contribution in [1.82, 2.24) is 15.1 Å². The summed E-state index contributed by atoms with van der Waals surface area (Å²) < 4.78 is 12.9. The fraction of sp³-hybridized carbons (Fsp3) is 0.421. The van der Waals surface area contributed by atoms with Crippen molar-refractivity contribution in [2.45, 2.75) is 19.4 Å². The van der Waals surface area contributed by atoms with E-state index < -0.39 is 0 Å². The van der Waals surface area contributed by atoms with Crippen molar-refractivity contribution in [2.24, 2.45) is 5.92 Å². The first-order valence-electron chi connectivity index (χ1n) is 9.16. The summed E-state index contributed by atoms with van der Waals surface area (Å²) in [5, 5.41) is 7.05. The van der Waals surface area contributed by atoms with Crippen LogP contribution in [0.3, 0.4) is 0 Å². The number of carbonyl (C=O) groups excluding carboxylic acids is 2. The van der Waals surface area contributed by atoms with Crippen LogP contribution in [0.1, 0.15) is 12.8 Å². The first-order valence-corrected chi connectivity index (χ1v) is 9.16. The molecule has 0 radical (unpaired) electrons. The van der Waals surface area contributed by atoms with Crippen LogP contribution in [-0.4, -0.2) is 47.9 Å². The Hall–Kier alpha value is -3.03. The number of amides is 2. The zero-order valence-electron chi connectivity index (χ0n) is 15.0. The molecule has 0 unspecified atom stereocenters. The van der Waals surface area contributed by atoms with Crippen molar-refractivity contribution in [1.29, 1.82) is 0 Å². The number of nitrogens with one attached hydrogen (secondary N) is 1. The number of nitrogens with zero attached hydrogens (tertiary/aromatic N) is 3. The second-order valence-corrected chi connectivity index (χ2v) is 6.65. The van der Waals surface area contributed by atoms with Gasteiger partial charge in [-0.1, -0.05) is 0 Å². The fourth-order valence-electron chi connectivity index (χ4n) is 3.36. The van der Waals surface area contributed by atoms with Gasteiger partial charge in [0.05, 0.1) is 5.92 Å². The molecule has 0 spiro atoms. The summed E-state index contributed by atoms with van der Waals surface area (Å²) in [4.78, 5) is 26.5. The highest BCUT2D eigenvalue weighted by molar-refractivity contribution is 6.00. The fourth-order valence-corrected chi connectivity index (χ4v) is 3.36. The summed E-state index contributed by atoms with van der Waals surface area (Å²) in [6.45, 7) is 2.71. The van der Waals surface area contributed by atoms with Gasteiger partial charge in [-0.3, -0.25) is 14.3 Å². The molecule has 1 fully saturated rings. The van der Waals surface area contributed by atoms with Crippen LogP contribution in [0.15, 0.2) is 36.7 Å². The molecule has 2 aromatic rings. The van der Waals surface area contributed by atoms with Crippen LogP contribution in [0.5, 0.6) is 11.5 Å². The topological polar surface area (TPSA) is 85.7 Å². The predicted octanol–water partition coefficient (Wildman–Crippen LogP) is 1.21. The smallest absolute Gasteiger partial charge is 0.227 e. The Bertz CT molecular complexity index is 821. The van der Waals surface area contributed by atoms with Crippen LogP contribution >= 0.6 is 0 Å². The zero-order valence-corrected chi connectivity index (χ0v) is 15.0. The van der Waals surface area contributed by atoms with Gasteiger partial charge in [-0.15, -0.1) is 0 Å². The molecule has 8 nitrogen and oxygen atoms in total. The standard InChI is InChI=1S/C19H22N4O4/c24-18-11-14(19(25)20-5-1-7-22-8-2-6-21-22)13-23(18)15-3-4-16-17(12-15)27-10-9-26-16/h2-4,6,8,12,14H,1,5,7,9-11,13H2,(H,20,25)/t14-/m0/s1. The third kappa shape index (κ3) is 3.89. The number of carbonyl (C=O) groups is 2. The highest BCUT2D eigenvalue weighted by atomic mass is 16.6. The third-order valence-corrected chi connectivity index (χ3v) is 4.76. The molecule has 1 N–H and O–H groups in total. The Balaban J connectivity index is 1.31. The maximum Gasteiger partial charge on any atom is 0.227 e. The van der Waals surface area contributed by atoms with Gasteiger partial charge in [-0.25, -0.2) is 0 Å². The number of ether oxygens (including phenoxy) is 2. The van der Waals surface area contributed by atoms with Gasteiger partial charge in [0.15, 0.2) is 11.5 Å². The van der Waals surface area contributed by atoms with Crippen molar-refractivity contribution >= 4 is 17.5 Å². The Labute approximate surface area is 157 Å². The van der Waals surface area contributed by atoms with Crippen LogP contribution in [0.2, 0.25) is 0 Å². The van der Waals surface area contributed by atoms with Gasteiger partial charge >= 0.3 is 0 Å². The average Bonchev–Trinajstić information content (AvgIpc) is 3.34. The minimum Gasteiger partial charge on any atom is -0.486 e. The minimum absolute atomic E-state index is 0.0524. The number of hydrogen-bond acceptors (Lipinski definition) is 5. The third-order valence-electron chi connectivity index (χ3n) is 4.76. The molecule has 1 aromatic carbocycles. The van der Waals surface area contributed by atoms with E-state index >= 15 is 0 Å². The zero-order chi connectivity index (χ0) is 18.6. The maximum absolute atomic E-state index is 12.4.